The highest BCUT2D eigenvalue weighted by Gasteiger charge is 2.35. The van der Waals surface area contributed by atoms with Crippen molar-refractivity contribution >= 4 is 35.6 Å². The van der Waals surface area contributed by atoms with Gasteiger partial charge in [-0.05, 0) is 78.6 Å². The number of aliphatic imine (C=N–C) groups is 2. The Balaban J connectivity index is 0.864. The van der Waals surface area contributed by atoms with Gasteiger partial charge in [0.1, 0.15) is 5.75 Å². The van der Waals surface area contributed by atoms with Crippen LogP contribution in [0.1, 0.15) is 62.2 Å². The summed E-state index contributed by atoms with van der Waals surface area (Å²) in [5, 5.41) is 9.97. The lowest BCUT2D eigenvalue weighted by Gasteiger charge is -2.34. The van der Waals surface area contributed by atoms with Crippen LogP contribution < -0.4 is 18.9 Å². The van der Waals surface area contributed by atoms with Crippen molar-refractivity contribution in [1.29, 1.82) is 0 Å². The smallest absolute Gasteiger partial charge is 0.257 e. The first-order valence-electron chi connectivity index (χ1n) is 17.7. The van der Waals surface area contributed by atoms with E-state index in [1.807, 2.05) is 35.5 Å². The van der Waals surface area contributed by atoms with Crippen molar-refractivity contribution in [2.24, 2.45) is 9.98 Å². The highest BCUT2D eigenvalue weighted by Crippen LogP contribution is 2.40. The molecule has 4 aliphatic rings. The summed E-state index contributed by atoms with van der Waals surface area (Å²) >= 11 is 0. The third kappa shape index (κ3) is 6.31. The molecular formula is C41H40N4O7. The van der Waals surface area contributed by atoms with Crippen LogP contribution in [0, 0.1) is 0 Å². The van der Waals surface area contributed by atoms with Gasteiger partial charge in [-0.3, -0.25) is 19.6 Å². The quantitative estimate of drug-likeness (QED) is 0.185. The number of unbranched alkanes of at least 4 members (excludes halogenated alkanes) is 2. The van der Waals surface area contributed by atoms with Crippen LogP contribution in [0.25, 0.3) is 0 Å². The fraction of sp³-hybridized carbons (Fsp3) is 0.317. The zero-order valence-electron chi connectivity index (χ0n) is 29.2. The Bertz CT molecular complexity index is 2110. The van der Waals surface area contributed by atoms with Crippen molar-refractivity contribution in [2.45, 2.75) is 57.3 Å². The fourth-order valence-corrected chi connectivity index (χ4v) is 7.44. The summed E-state index contributed by atoms with van der Waals surface area (Å²) in [5.41, 5.74) is 6.52. The van der Waals surface area contributed by atoms with Crippen molar-refractivity contribution in [3.8, 4) is 28.7 Å². The molecular weight excluding hydrogens is 660 g/mol. The number of phenolic OH excluding ortho intramolecular Hbond substituents is 1. The number of carbonyl (C=O) groups is 2. The lowest BCUT2D eigenvalue weighted by molar-refractivity contribution is 0.0695. The van der Waals surface area contributed by atoms with E-state index in [1.54, 1.807) is 55.5 Å². The first-order valence-corrected chi connectivity index (χ1v) is 17.7. The number of ether oxygens (including phenoxy) is 4. The van der Waals surface area contributed by atoms with Gasteiger partial charge >= 0.3 is 0 Å². The van der Waals surface area contributed by atoms with Gasteiger partial charge in [-0.25, -0.2) is 0 Å². The van der Waals surface area contributed by atoms with E-state index in [0.717, 1.165) is 42.4 Å². The molecule has 0 bridgehead atoms. The Morgan fingerprint density at radius 3 is 1.71 bits per heavy atom. The van der Waals surface area contributed by atoms with Crippen LogP contribution in [-0.4, -0.2) is 78.7 Å². The maximum Gasteiger partial charge on any atom is 0.257 e. The van der Waals surface area contributed by atoms with Gasteiger partial charge in [-0.15, -0.1) is 0 Å². The zero-order chi connectivity index (χ0) is 35.8. The second-order valence-corrected chi connectivity index (χ2v) is 13.5. The molecule has 0 fully saturated rings. The van der Waals surface area contributed by atoms with E-state index in [9.17, 15) is 14.7 Å². The molecule has 4 heterocycles. The standard InChI is InChI=1S/C41H40N4O7/c1-49-36-17-32-34(42-21-29-14-25-8-4-5-9-27(25)23-44(29)40(32)47)19-38(36)51-12-6-3-7-13-52-39-20-35-33(18-37(39)50-2)41(48)45-24-28-16-31(46)11-10-26(28)15-30(45)22-43-35/h4-5,8-11,16-22,29-30,46H,3,6-7,12-15,23-24H2,1-2H3/t29-,30-/m0/s1. The van der Waals surface area contributed by atoms with Crippen molar-refractivity contribution in [2.75, 3.05) is 27.4 Å². The zero-order valence-corrected chi connectivity index (χ0v) is 29.2. The molecule has 4 aromatic rings. The van der Waals surface area contributed by atoms with Gasteiger partial charge in [0.15, 0.2) is 23.0 Å². The number of methoxy groups -OCH3 is 2. The molecule has 0 aromatic heterocycles. The van der Waals surface area contributed by atoms with E-state index in [-0.39, 0.29) is 29.6 Å². The lowest BCUT2D eigenvalue weighted by Crippen LogP contribution is -2.44. The van der Waals surface area contributed by atoms with E-state index >= 15 is 0 Å². The number of phenols is 1. The Hall–Kier alpha value is -5.84. The Kier molecular flexibility index (Phi) is 9.00. The van der Waals surface area contributed by atoms with E-state index in [4.69, 9.17) is 28.9 Å². The summed E-state index contributed by atoms with van der Waals surface area (Å²) in [5.74, 6) is 2.03. The number of nitrogens with zero attached hydrogens (tertiary/aromatic N) is 4. The van der Waals surface area contributed by atoms with Gasteiger partial charge in [0.05, 0.1) is 62.0 Å². The van der Waals surface area contributed by atoms with Crippen LogP contribution in [0.3, 0.4) is 0 Å². The van der Waals surface area contributed by atoms with Gasteiger partial charge in [0.25, 0.3) is 11.8 Å². The predicted octanol–water partition coefficient (Wildman–Crippen LogP) is 6.60. The molecule has 266 valence electrons. The summed E-state index contributed by atoms with van der Waals surface area (Å²) in [4.78, 5) is 40.4. The van der Waals surface area contributed by atoms with Crippen LogP contribution in [0.5, 0.6) is 28.7 Å². The average molecular weight is 701 g/mol. The van der Waals surface area contributed by atoms with Crippen LogP contribution in [0.4, 0.5) is 11.4 Å². The molecule has 0 saturated heterocycles. The van der Waals surface area contributed by atoms with Gasteiger partial charge < -0.3 is 33.9 Å². The molecule has 0 aliphatic carbocycles. The summed E-state index contributed by atoms with van der Waals surface area (Å²) in [6.45, 7) is 1.84. The Morgan fingerprint density at radius 1 is 0.635 bits per heavy atom. The van der Waals surface area contributed by atoms with E-state index in [0.29, 0.717) is 78.2 Å². The van der Waals surface area contributed by atoms with Crippen molar-refractivity contribution in [1.82, 2.24) is 9.80 Å². The number of amides is 2. The number of benzene rings is 4. The Morgan fingerprint density at radius 2 is 1.15 bits per heavy atom. The number of fused-ring (bicyclic) bond motifs is 6. The van der Waals surface area contributed by atoms with Crippen molar-refractivity contribution < 1.29 is 33.6 Å². The highest BCUT2D eigenvalue weighted by atomic mass is 16.5. The normalized spacial score (nSPS) is 18.2. The van der Waals surface area contributed by atoms with Crippen LogP contribution >= 0.6 is 0 Å². The lowest BCUT2D eigenvalue weighted by atomic mass is 9.94. The van der Waals surface area contributed by atoms with E-state index in [1.165, 1.54) is 5.56 Å². The molecule has 0 radical (unpaired) electrons. The molecule has 0 spiro atoms. The number of rotatable bonds is 10. The van der Waals surface area contributed by atoms with Gasteiger partial charge in [-0.1, -0.05) is 30.3 Å². The average Bonchev–Trinajstić information content (AvgIpc) is 3.38. The SMILES string of the molecule is COc1cc2c(cc1OCCCCCOc1cc3c(cc1OC)C(=O)N1Cc4cc(O)ccc4C[C@H]1C=N3)N=C[C@@H]1Cc3ccccc3CN1C2=O. The second-order valence-electron chi connectivity index (χ2n) is 13.5. The number of carbonyl (C=O) groups excluding carboxylic acids is 2. The molecule has 52 heavy (non-hydrogen) atoms. The predicted molar refractivity (Wildman–Crippen MR) is 196 cm³/mol. The minimum absolute atomic E-state index is 0.0648. The Labute approximate surface area is 302 Å². The molecule has 11 nitrogen and oxygen atoms in total. The van der Waals surface area contributed by atoms with Gasteiger partial charge in [0, 0.05) is 37.7 Å². The topological polar surface area (TPSA) is 122 Å². The third-order valence-corrected chi connectivity index (χ3v) is 10.3. The largest absolute Gasteiger partial charge is 0.508 e. The molecule has 0 unspecified atom stereocenters. The molecule has 2 atom stereocenters. The van der Waals surface area contributed by atoms with Crippen LogP contribution in [0.2, 0.25) is 0 Å². The van der Waals surface area contributed by atoms with Crippen molar-refractivity contribution in [3.63, 3.8) is 0 Å². The molecule has 11 heteroatoms. The second kappa shape index (κ2) is 14.1. The third-order valence-electron chi connectivity index (χ3n) is 10.3. The summed E-state index contributed by atoms with van der Waals surface area (Å²) in [6, 6.07) is 20.3. The summed E-state index contributed by atoms with van der Waals surface area (Å²) in [7, 11) is 3.13. The fourth-order valence-electron chi connectivity index (χ4n) is 7.44. The first kappa shape index (κ1) is 33.3. The molecule has 1 N–H and O–H groups in total. The number of hydrogen-bond acceptors (Lipinski definition) is 9. The maximum absolute atomic E-state index is 13.7. The number of hydrogen-bond donors (Lipinski definition) is 1. The van der Waals surface area contributed by atoms with Crippen molar-refractivity contribution in [3.05, 3.63) is 100 Å². The monoisotopic (exact) mass is 700 g/mol. The summed E-state index contributed by atoms with van der Waals surface area (Å²) < 4.78 is 23.5. The minimum Gasteiger partial charge on any atom is -0.508 e. The highest BCUT2D eigenvalue weighted by molar-refractivity contribution is 6.04. The first-order chi connectivity index (χ1) is 25.4. The molecule has 2 amide bonds. The van der Waals surface area contributed by atoms with Gasteiger partial charge in [-0.2, -0.15) is 0 Å². The van der Waals surface area contributed by atoms with E-state index in [2.05, 4.69) is 12.1 Å². The van der Waals surface area contributed by atoms with Crippen LogP contribution in [0.15, 0.2) is 76.7 Å². The maximum atomic E-state index is 13.7. The molecule has 4 aromatic carbocycles. The van der Waals surface area contributed by atoms with Gasteiger partial charge in [0.2, 0.25) is 0 Å². The minimum atomic E-state index is -0.184. The molecule has 4 aliphatic heterocycles. The molecule has 0 saturated carbocycles. The van der Waals surface area contributed by atoms with E-state index < -0.39 is 0 Å². The number of aromatic hydroxyl groups is 1. The summed E-state index contributed by atoms with van der Waals surface area (Å²) in [6.07, 6.45) is 7.45. The van der Waals surface area contributed by atoms with Crippen LogP contribution in [-0.2, 0) is 25.9 Å². The molecule has 8 rings (SSSR count).